The molecule has 0 spiro atoms. The second kappa shape index (κ2) is 12.9. The Labute approximate surface area is 236 Å². The molecule has 2 N–H and O–H groups in total. The van der Waals surface area contributed by atoms with E-state index < -0.39 is 5.97 Å². The van der Waals surface area contributed by atoms with E-state index in [1.165, 1.54) is 0 Å². The van der Waals surface area contributed by atoms with E-state index in [1.54, 1.807) is 35.3 Å². The molecule has 0 atom stereocenters. The fourth-order valence-corrected chi connectivity index (χ4v) is 3.73. The molecule has 0 saturated carbocycles. The zero-order chi connectivity index (χ0) is 25.7. The second-order valence-electron chi connectivity index (χ2n) is 8.04. The maximum absolute atomic E-state index is 12.8. The zero-order valence-electron chi connectivity index (χ0n) is 20.9. The van der Waals surface area contributed by atoms with Crippen LogP contribution < -0.4 is 39.9 Å². The number of carbonyl (C=O) groups is 3. The molecule has 0 unspecified atom stereocenters. The van der Waals surface area contributed by atoms with Crippen molar-refractivity contribution in [2.45, 2.75) is 40.5 Å². The fraction of sp³-hybridized carbons (Fsp3) is 0.231. The Hall–Kier alpha value is -2.91. The third-order valence-electron chi connectivity index (χ3n) is 5.30. The number of halogens is 1. The molecule has 4 rings (SSSR count). The molecule has 1 amide bonds. The van der Waals surface area contributed by atoms with Gasteiger partial charge in [-0.15, -0.1) is 5.52 Å². The molecule has 10 heteroatoms. The van der Waals surface area contributed by atoms with Gasteiger partial charge in [0.25, 0.3) is 11.9 Å². The van der Waals surface area contributed by atoms with Crippen molar-refractivity contribution in [2.75, 3.05) is 5.32 Å². The van der Waals surface area contributed by atoms with Crippen molar-refractivity contribution in [2.24, 2.45) is 0 Å². The molecule has 0 aliphatic carbocycles. The van der Waals surface area contributed by atoms with E-state index in [1.807, 2.05) is 39.0 Å². The average Bonchev–Trinajstić information content (AvgIpc) is 3.38. The van der Waals surface area contributed by atoms with Gasteiger partial charge < -0.3 is 15.4 Å². The summed E-state index contributed by atoms with van der Waals surface area (Å²) in [6.45, 7) is 6.85. The van der Waals surface area contributed by atoms with Crippen molar-refractivity contribution in [3.05, 3.63) is 76.2 Å². The molecule has 0 radical (unpaired) electrons. The Morgan fingerprint density at radius 2 is 1.75 bits per heavy atom. The van der Waals surface area contributed by atoms with Gasteiger partial charge in [0.05, 0.1) is 23.1 Å². The van der Waals surface area contributed by atoms with Gasteiger partial charge in [0, 0.05) is 29.6 Å². The van der Waals surface area contributed by atoms with Gasteiger partial charge in [-0.1, -0.05) is 24.6 Å². The number of Topliss-reactive ketones (excluding diaryl/α,β-unsaturated/α-hetero) is 1. The van der Waals surface area contributed by atoms with E-state index in [4.69, 9.17) is 21.5 Å². The van der Waals surface area contributed by atoms with Crippen LogP contribution in [0.3, 0.4) is 0 Å². The number of aryl methyl sites for hydroxylation is 1. The maximum atomic E-state index is 12.8. The van der Waals surface area contributed by atoms with Gasteiger partial charge in [-0.05, 0) is 61.5 Å². The SMILES string of the molecule is CC(=O)O.CCCC(=O)c1cnn(-c2ccc(NC(=O)c3c[n-]c4cc(C)c(Cl)cc34)cc2)c1C.[Na+]. The molecule has 0 aliphatic heterocycles. The summed E-state index contributed by atoms with van der Waals surface area (Å²) in [5.74, 6) is -0.987. The topological polar surface area (TPSA) is 115 Å². The number of aromatic nitrogens is 3. The van der Waals surface area contributed by atoms with Crippen molar-refractivity contribution in [1.82, 2.24) is 14.8 Å². The first kappa shape index (κ1) is 29.3. The fourth-order valence-electron chi connectivity index (χ4n) is 3.56. The molecule has 2 aromatic heterocycles. The Kier molecular flexibility index (Phi) is 10.5. The normalized spacial score (nSPS) is 10.2. The summed E-state index contributed by atoms with van der Waals surface area (Å²) in [5.41, 5.74) is 5.04. The number of hydrogen-bond donors (Lipinski definition) is 2. The van der Waals surface area contributed by atoms with Crippen LogP contribution in [0.4, 0.5) is 5.69 Å². The van der Waals surface area contributed by atoms with Gasteiger partial charge in [-0.3, -0.25) is 14.4 Å². The maximum Gasteiger partial charge on any atom is 1.00 e. The number of anilines is 1. The van der Waals surface area contributed by atoms with E-state index in [0.717, 1.165) is 41.2 Å². The standard InChI is InChI=1S/C24H23ClN4O2.C2H4O2.Na/c1-4-5-23(30)19-13-27-29(15(19)3)17-8-6-16(7-9-17)28-24(31)20-12-26-22-10-14(2)21(25)11-18(20)22;1-2(3)4;/h6-13H,4-5H2,1-3H3,(H2,26,28,31);1H3,(H,3,4);/q;;+1/p-1. The van der Waals surface area contributed by atoms with Crippen LogP contribution >= 0.6 is 11.6 Å². The van der Waals surface area contributed by atoms with Crippen LogP contribution in [-0.4, -0.2) is 32.5 Å². The second-order valence-corrected chi connectivity index (χ2v) is 8.45. The Bertz CT molecular complexity index is 1390. The number of nitrogens with one attached hydrogen (secondary N) is 1. The van der Waals surface area contributed by atoms with Gasteiger partial charge in [0.2, 0.25) is 0 Å². The summed E-state index contributed by atoms with van der Waals surface area (Å²) in [6, 6.07) is 11.0. The first-order valence-electron chi connectivity index (χ1n) is 11.0. The van der Waals surface area contributed by atoms with Crippen LogP contribution in [0.2, 0.25) is 5.02 Å². The molecule has 182 valence electrons. The summed E-state index contributed by atoms with van der Waals surface area (Å²) >= 11 is 6.22. The van der Waals surface area contributed by atoms with Crippen LogP contribution in [0.1, 0.15) is 58.7 Å². The van der Waals surface area contributed by atoms with Gasteiger partial charge in [-0.2, -0.15) is 11.3 Å². The van der Waals surface area contributed by atoms with Crippen molar-refractivity contribution in [3.63, 3.8) is 0 Å². The van der Waals surface area contributed by atoms with E-state index in [9.17, 15) is 9.59 Å². The van der Waals surface area contributed by atoms with Gasteiger partial charge in [0.1, 0.15) is 0 Å². The molecule has 36 heavy (non-hydrogen) atoms. The summed E-state index contributed by atoms with van der Waals surface area (Å²) in [5, 5.41) is 16.0. The molecule has 2 aromatic carbocycles. The number of hydrogen-bond acceptors (Lipinski definition) is 4. The number of ketones is 1. The predicted molar refractivity (Wildman–Crippen MR) is 136 cm³/mol. The largest absolute Gasteiger partial charge is 1.00 e. The number of carboxylic acids is 1. The number of aliphatic carboxylic acids is 1. The third-order valence-corrected chi connectivity index (χ3v) is 5.71. The molecule has 0 saturated heterocycles. The molecule has 2 heterocycles. The van der Waals surface area contributed by atoms with Crippen LogP contribution in [0.5, 0.6) is 0 Å². The molecule has 8 nitrogen and oxygen atoms in total. The van der Waals surface area contributed by atoms with Crippen molar-refractivity contribution < 1.29 is 49.0 Å². The zero-order valence-corrected chi connectivity index (χ0v) is 23.7. The molecule has 0 aliphatic rings. The van der Waals surface area contributed by atoms with Crippen LogP contribution in [0, 0.1) is 13.8 Å². The van der Waals surface area contributed by atoms with Crippen molar-refractivity contribution in [3.8, 4) is 5.69 Å². The first-order chi connectivity index (χ1) is 16.6. The molecule has 0 bridgehead atoms. The van der Waals surface area contributed by atoms with Crippen LogP contribution in [0.25, 0.3) is 16.6 Å². The number of carbonyl (C=O) groups excluding carboxylic acids is 2. The summed E-state index contributed by atoms with van der Waals surface area (Å²) < 4.78 is 1.73. The average molecular weight is 517 g/mol. The minimum absolute atomic E-state index is 0. The van der Waals surface area contributed by atoms with Crippen molar-refractivity contribution in [1.29, 1.82) is 0 Å². The smallest absolute Gasteiger partial charge is 0.663 e. The minimum atomic E-state index is -0.833. The van der Waals surface area contributed by atoms with Crippen LogP contribution in [0.15, 0.2) is 48.8 Å². The van der Waals surface area contributed by atoms with E-state index in [-0.39, 0.29) is 41.2 Å². The quantitative estimate of drug-likeness (QED) is 0.301. The molecule has 4 aromatic rings. The monoisotopic (exact) mass is 516 g/mol. The Balaban J connectivity index is 0.000000850. The number of benzene rings is 2. The van der Waals surface area contributed by atoms with Crippen LogP contribution in [-0.2, 0) is 4.79 Å². The Morgan fingerprint density at radius 1 is 1.11 bits per heavy atom. The predicted octanol–water partition coefficient (Wildman–Crippen LogP) is 2.58. The minimum Gasteiger partial charge on any atom is -0.663 e. The summed E-state index contributed by atoms with van der Waals surface area (Å²) in [4.78, 5) is 38.3. The summed E-state index contributed by atoms with van der Waals surface area (Å²) in [7, 11) is 0. The Morgan fingerprint density at radius 3 is 2.36 bits per heavy atom. The number of carboxylic acid groups (broad SMARTS) is 1. The van der Waals surface area contributed by atoms with Gasteiger partial charge >= 0.3 is 29.6 Å². The van der Waals surface area contributed by atoms with Gasteiger partial charge in [0.15, 0.2) is 5.78 Å². The number of rotatable bonds is 6. The van der Waals surface area contributed by atoms with E-state index in [0.29, 0.717) is 28.3 Å². The number of nitrogens with zero attached hydrogens (tertiary/aromatic N) is 3. The number of amides is 1. The molecular weight excluding hydrogens is 491 g/mol. The first-order valence-corrected chi connectivity index (χ1v) is 11.4. The molecule has 0 fully saturated rings. The third kappa shape index (κ3) is 6.85. The van der Waals surface area contributed by atoms with Crippen molar-refractivity contribution >= 4 is 45.9 Å². The molecular formula is C26H26ClN4NaO4. The van der Waals surface area contributed by atoms with E-state index >= 15 is 0 Å². The van der Waals surface area contributed by atoms with E-state index in [2.05, 4.69) is 15.4 Å². The summed E-state index contributed by atoms with van der Waals surface area (Å²) in [6.07, 6.45) is 4.49. The van der Waals surface area contributed by atoms with Gasteiger partial charge in [-0.25, -0.2) is 4.68 Å². The number of fused-ring (bicyclic) bond motifs is 1.